The van der Waals surface area contributed by atoms with Crippen molar-refractivity contribution in [2.24, 2.45) is 5.73 Å². The van der Waals surface area contributed by atoms with Gasteiger partial charge in [0.25, 0.3) is 0 Å². The number of carbonyl (C=O) groups is 1. The maximum Gasteiger partial charge on any atom is 0.248 e. The summed E-state index contributed by atoms with van der Waals surface area (Å²) in [7, 11) is 5.32. The van der Waals surface area contributed by atoms with Crippen molar-refractivity contribution in [3.8, 4) is 11.5 Å². The van der Waals surface area contributed by atoms with Gasteiger partial charge >= 0.3 is 0 Å². The van der Waals surface area contributed by atoms with Crippen molar-refractivity contribution in [1.29, 1.82) is 0 Å². The SMILES string of the molecule is COc1ccc(CN(C)Cc2ccc(C(N)=O)cc2)c(OC)c1. The van der Waals surface area contributed by atoms with Gasteiger partial charge in [-0.3, -0.25) is 9.69 Å². The summed E-state index contributed by atoms with van der Waals surface area (Å²) in [6.45, 7) is 1.50. The van der Waals surface area contributed by atoms with Crippen LogP contribution in [0.2, 0.25) is 0 Å². The monoisotopic (exact) mass is 314 g/mol. The number of rotatable bonds is 7. The molecule has 0 radical (unpaired) electrons. The fourth-order valence-electron chi connectivity index (χ4n) is 2.42. The summed E-state index contributed by atoms with van der Waals surface area (Å²) in [6.07, 6.45) is 0. The predicted molar refractivity (Wildman–Crippen MR) is 89.7 cm³/mol. The molecule has 2 N–H and O–H groups in total. The van der Waals surface area contributed by atoms with E-state index in [2.05, 4.69) is 4.90 Å². The molecule has 0 spiro atoms. The van der Waals surface area contributed by atoms with E-state index < -0.39 is 5.91 Å². The highest BCUT2D eigenvalue weighted by molar-refractivity contribution is 5.92. The standard InChI is InChI=1S/C18H22N2O3/c1-20(11-13-4-6-14(7-5-13)18(19)21)12-15-8-9-16(22-2)10-17(15)23-3/h4-10H,11-12H2,1-3H3,(H2,19,21). The second-order valence-electron chi connectivity index (χ2n) is 5.41. The van der Waals surface area contributed by atoms with Gasteiger partial charge < -0.3 is 15.2 Å². The van der Waals surface area contributed by atoms with Crippen LogP contribution in [0.5, 0.6) is 11.5 Å². The van der Waals surface area contributed by atoms with Gasteiger partial charge in [0.2, 0.25) is 5.91 Å². The minimum atomic E-state index is -0.409. The highest BCUT2D eigenvalue weighted by Crippen LogP contribution is 2.25. The third-order valence-electron chi connectivity index (χ3n) is 3.63. The highest BCUT2D eigenvalue weighted by atomic mass is 16.5. The second-order valence-corrected chi connectivity index (χ2v) is 5.41. The fourth-order valence-corrected chi connectivity index (χ4v) is 2.42. The van der Waals surface area contributed by atoms with Crippen LogP contribution in [-0.2, 0) is 13.1 Å². The zero-order chi connectivity index (χ0) is 16.8. The first-order valence-electron chi connectivity index (χ1n) is 7.31. The molecule has 5 heteroatoms. The Labute approximate surface area is 136 Å². The first-order chi connectivity index (χ1) is 11.0. The summed E-state index contributed by atoms with van der Waals surface area (Å²) in [5.41, 5.74) is 7.97. The molecule has 122 valence electrons. The summed E-state index contributed by atoms with van der Waals surface area (Å²) in [4.78, 5) is 13.3. The van der Waals surface area contributed by atoms with Gasteiger partial charge in [0.05, 0.1) is 14.2 Å². The average Bonchev–Trinajstić information content (AvgIpc) is 2.55. The highest BCUT2D eigenvalue weighted by Gasteiger charge is 2.09. The molecule has 0 bridgehead atoms. The quantitative estimate of drug-likeness (QED) is 0.852. The Morgan fingerprint density at radius 2 is 1.74 bits per heavy atom. The first-order valence-corrected chi connectivity index (χ1v) is 7.31. The van der Waals surface area contributed by atoms with Crippen LogP contribution in [0.15, 0.2) is 42.5 Å². The van der Waals surface area contributed by atoms with Crippen molar-refractivity contribution >= 4 is 5.91 Å². The minimum absolute atomic E-state index is 0.409. The van der Waals surface area contributed by atoms with Crippen molar-refractivity contribution < 1.29 is 14.3 Å². The maximum absolute atomic E-state index is 11.1. The molecular formula is C18H22N2O3. The summed E-state index contributed by atoms with van der Waals surface area (Å²) in [5.74, 6) is 1.17. The Hall–Kier alpha value is -2.53. The number of hydrogen-bond donors (Lipinski definition) is 1. The Morgan fingerprint density at radius 3 is 2.30 bits per heavy atom. The first kappa shape index (κ1) is 16.8. The molecule has 2 aromatic carbocycles. The summed E-state index contributed by atoms with van der Waals surface area (Å²) in [5, 5.41) is 0. The fraction of sp³-hybridized carbons (Fsp3) is 0.278. The van der Waals surface area contributed by atoms with Gasteiger partial charge in [-0.1, -0.05) is 18.2 Å². The molecule has 0 aromatic heterocycles. The van der Waals surface area contributed by atoms with Gasteiger partial charge in [0, 0.05) is 30.3 Å². The Morgan fingerprint density at radius 1 is 1.04 bits per heavy atom. The molecule has 0 heterocycles. The Bertz CT molecular complexity index is 668. The topological polar surface area (TPSA) is 64.8 Å². The van der Waals surface area contributed by atoms with Crippen molar-refractivity contribution in [1.82, 2.24) is 4.90 Å². The third kappa shape index (κ3) is 4.47. The smallest absolute Gasteiger partial charge is 0.248 e. The molecule has 0 aliphatic rings. The van der Waals surface area contributed by atoms with E-state index in [0.29, 0.717) is 5.56 Å². The normalized spacial score (nSPS) is 10.6. The minimum Gasteiger partial charge on any atom is -0.497 e. The van der Waals surface area contributed by atoms with Gasteiger partial charge in [-0.15, -0.1) is 0 Å². The number of benzene rings is 2. The molecule has 0 saturated carbocycles. The van der Waals surface area contributed by atoms with E-state index in [0.717, 1.165) is 35.7 Å². The van der Waals surface area contributed by atoms with Crippen molar-refractivity contribution in [3.05, 3.63) is 59.2 Å². The molecule has 2 rings (SSSR count). The molecule has 0 aliphatic carbocycles. The molecular weight excluding hydrogens is 292 g/mol. The average molecular weight is 314 g/mol. The summed E-state index contributed by atoms with van der Waals surface area (Å²) in [6, 6.07) is 13.1. The Kier molecular flexibility index (Phi) is 5.60. The maximum atomic E-state index is 11.1. The van der Waals surface area contributed by atoms with Crippen molar-refractivity contribution in [2.75, 3.05) is 21.3 Å². The molecule has 0 unspecified atom stereocenters. The van der Waals surface area contributed by atoms with Crippen LogP contribution >= 0.6 is 0 Å². The lowest BCUT2D eigenvalue weighted by molar-refractivity contribution is 0.100. The number of ether oxygens (including phenoxy) is 2. The second kappa shape index (κ2) is 7.65. The number of carbonyl (C=O) groups excluding carboxylic acids is 1. The van der Waals surface area contributed by atoms with E-state index in [1.165, 1.54) is 0 Å². The zero-order valence-electron chi connectivity index (χ0n) is 13.7. The molecule has 2 aromatic rings. The van der Waals surface area contributed by atoms with Gasteiger partial charge in [-0.2, -0.15) is 0 Å². The molecule has 5 nitrogen and oxygen atoms in total. The molecule has 0 atom stereocenters. The lowest BCUT2D eigenvalue weighted by atomic mass is 10.1. The van der Waals surface area contributed by atoms with Crippen LogP contribution in [0.1, 0.15) is 21.5 Å². The van der Waals surface area contributed by atoms with Crippen LogP contribution in [0.25, 0.3) is 0 Å². The van der Waals surface area contributed by atoms with Gasteiger partial charge in [0.15, 0.2) is 0 Å². The van der Waals surface area contributed by atoms with Crippen molar-refractivity contribution in [2.45, 2.75) is 13.1 Å². The van der Waals surface area contributed by atoms with Gasteiger partial charge in [-0.05, 0) is 30.8 Å². The number of primary amides is 1. The zero-order valence-corrected chi connectivity index (χ0v) is 13.7. The van der Waals surface area contributed by atoms with Crippen molar-refractivity contribution in [3.63, 3.8) is 0 Å². The largest absolute Gasteiger partial charge is 0.497 e. The predicted octanol–water partition coefficient (Wildman–Crippen LogP) is 2.43. The van der Waals surface area contributed by atoms with E-state index in [4.69, 9.17) is 15.2 Å². The van der Waals surface area contributed by atoms with Gasteiger partial charge in [-0.25, -0.2) is 0 Å². The van der Waals surface area contributed by atoms with E-state index >= 15 is 0 Å². The molecule has 0 fully saturated rings. The lowest BCUT2D eigenvalue weighted by Gasteiger charge is -2.19. The number of nitrogens with two attached hydrogens (primary N) is 1. The van der Waals surface area contributed by atoms with Gasteiger partial charge in [0.1, 0.15) is 11.5 Å². The molecule has 1 amide bonds. The van der Waals surface area contributed by atoms with Crippen LogP contribution < -0.4 is 15.2 Å². The van der Waals surface area contributed by atoms with Crippen LogP contribution in [0.3, 0.4) is 0 Å². The lowest BCUT2D eigenvalue weighted by Crippen LogP contribution is -2.18. The molecule has 0 saturated heterocycles. The van der Waals surface area contributed by atoms with Crippen LogP contribution in [-0.4, -0.2) is 32.1 Å². The third-order valence-corrected chi connectivity index (χ3v) is 3.63. The van der Waals surface area contributed by atoms with E-state index in [1.54, 1.807) is 26.4 Å². The summed E-state index contributed by atoms with van der Waals surface area (Å²) < 4.78 is 10.6. The molecule has 23 heavy (non-hydrogen) atoms. The Balaban J connectivity index is 2.04. The van der Waals surface area contributed by atoms with Crippen LogP contribution in [0, 0.1) is 0 Å². The number of nitrogens with zero attached hydrogens (tertiary/aromatic N) is 1. The molecule has 0 aliphatic heterocycles. The number of methoxy groups -OCH3 is 2. The number of amides is 1. The number of hydrogen-bond acceptors (Lipinski definition) is 4. The van der Waals surface area contributed by atoms with E-state index in [1.807, 2.05) is 37.4 Å². The summed E-state index contributed by atoms with van der Waals surface area (Å²) >= 11 is 0. The van der Waals surface area contributed by atoms with Crippen LogP contribution in [0.4, 0.5) is 0 Å². The van der Waals surface area contributed by atoms with E-state index in [9.17, 15) is 4.79 Å². The van der Waals surface area contributed by atoms with E-state index in [-0.39, 0.29) is 0 Å².